The quantitative estimate of drug-likeness (QED) is 0.312. The Morgan fingerprint density at radius 2 is 1.88 bits per heavy atom. The van der Waals surface area contributed by atoms with Crippen LogP contribution >= 0.6 is 23.4 Å². The van der Waals surface area contributed by atoms with Crippen molar-refractivity contribution in [3.05, 3.63) is 71.8 Å². The first-order valence-corrected chi connectivity index (χ1v) is 11.5. The topological polar surface area (TPSA) is 57.0 Å². The Labute approximate surface area is 196 Å². The van der Waals surface area contributed by atoms with E-state index in [-0.39, 0.29) is 12.5 Å². The van der Waals surface area contributed by atoms with Gasteiger partial charge in [-0.15, -0.1) is 0 Å². The van der Waals surface area contributed by atoms with E-state index in [1.165, 1.54) is 0 Å². The van der Waals surface area contributed by atoms with Crippen LogP contribution in [-0.4, -0.2) is 26.1 Å². The van der Waals surface area contributed by atoms with Gasteiger partial charge in [-0.1, -0.05) is 35.5 Å². The molecule has 7 heteroatoms. The first-order chi connectivity index (χ1) is 15.2. The van der Waals surface area contributed by atoms with Gasteiger partial charge in [-0.05, 0) is 58.0 Å². The average Bonchev–Trinajstić information content (AvgIpc) is 3.00. The number of ether oxygens (including phenoxy) is 1. The van der Waals surface area contributed by atoms with Crippen LogP contribution in [0.1, 0.15) is 26.5 Å². The van der Waals surface area contributed by atoms with Crippen molar-refractivity contribution in [1.29, 1.82) is 0 Å². The lowest BCUT2D eigenvalue weighted by atomic mass is 10.1. The average molecular weight is 466 g/mol. The zero-order valence-corrected chi connectivity index (χ0v) is 20.0. The molecule has 2 aromatic heterocycles. The Morgan fingerprint density at radius 1 is 1.12 bits per heavy atom. The minimum absolute atomic E-state index is 0.130. The van der Waals surface area contributed by atoms with Gasteiger partial charge >= 0.3 is 5.97 Å². The van der Waals surface area contributed by atoms with Crippen molar-refractivity contribution in [3.8, 4) is 11.3 Å². The second-order valence-electron chi connectivity index (χ2n) is 8.43. The summed E-state index contributed by atoms with van der Waals surface area (Å²) in [4.78, 5) is 23.6. The van der Waals surface area contributed by atoms with Crippen molar-refractivity contribution in [2.75, 3.05) is 0 Å². The molecule has 0 saturated heterocycles. The monoisotopic (exact) mass is 465 g/mol. The van der Waals surface area contributed by atoms with E-state index in [1.807, 2.05) is 74.7 Å². The Kier molecular flexibility index (Phi) is 6.26. The molecule has 0 unspecified atom stereocenters. The van der Waals surface area contributed by atoms with Gasteiger partial charge in [-0.25, -0.2) is 0 Å². The summed E-state index contributed by atoms with van der Waals surface area (Å²) in [6.45, 7) is 7.78. The van der Waals surface area contributed by atoms with E-state index in [2.05, 4.69) is 9.97 Å². The highest BCUT2D eigenvalue weighted by Gasteiger charge is 2.23. The molecule has 0 N–H and O–H groups in total. The normalized spacial score (nSPS) is 11.7. The third-order valence-corrected chi connectivity index (χ3v) is 6.34. The molecule has 32 heavy (non-hydrogen) atoms. The first kappa shape index (κ1) is 22.4. The Balaban J connectivity index is 1.88. The van der Waals surface area contributed by atoms with E-state index in [4.69, 9.17) is 16.3 Å². The summed E-state index contributed by atoms with van der Waals surface area (Å²) in [6, 6.07) is 13.8. The first-order valence-electron chi connectivity index (χ1n) is 10.3. The minimum atomic E-state index is -0.542. The summed E-state index contributed by atoms with van der Waals surface area (Å²) in [5.74, 6) is -0.273. The Bertz CT molecular complexity index is 1260. The lowest BCUT2D eigenvalue weighted by molar-refractivity contribution is -0.155. The van der Waals surface area contributed by atoms with Crippen molar-refractivity contribution in [1.82, 2.24) is 14.5 Å². The second kappa shape index (κ2) is 8.96. The number of carbonyl (C=O) groups excluding carboxylic acids is 1. The van der Waals surface area contributed by atoms with Crippen molar-refractivity contribution in [2.45, 2.75) is 49.6 Å². The second-order valence-corrected chi connectivity index (χ2v) is 9.95. The molecule has 4 rings (SSSR count). The van der Waals surface area contributed by atoms with Crippen LogP contribution in [0.5, 0.6) is 0 Å². The SMILES string of the molecule is Cc1c(Sc2ccc(Cl)cc2)c2c(-c3cnccn3)cccc2n1CC(=O)OC(C)(C)C. The van der Waals surface area contributed by atoms with Crippen LogP contribution in [0, 0.1) is 6.92 Å². The van der Waals surface area contributed by atoms with E-state index >= 15 is 0 Å². The fourth-order valence-corrected chi connectivity index (χ4v) is 4.80. The number of hydrogen-bond acceptors (Lipinski definition) is 5. The van der Waals surface area contributed by atoms with Gasteiger partial charge in [0.15, 0.2) is 0 Å². The van der Waals surface area contributed by atoms with E-state index in [0.29, 0.717) is 5.02 Å². The highest BCUT2D eigenvalue weighted by molar-refractivity contribution is 7.99. The molecule has 0 atom stereocenters. The molecule has 0 saturated carbocycles. The molecule has 0 aliphatic carbocycles. The van der Waals surface area contributed by atoms with Crippen LogP contribution in [0.2, 0.25) is 5.02 Å². The lowest BCUT2D eigenvalue weighted by Gasteiger charge is -2.20. The maximum Gasteiger partial charge on any atom is 0.326 e. The smallest absolute Gasteiger partial charge is 0.326 e. The number of rotatable bonds is 5. The van der Waals surface area contributed by atoms with Crippen molar-refractivity contribution in [2.24, 2.45) is 0 Å². The molecule has 0 radical (unpaired) electrons. The molecule has 0 spiro atoms. The molecule has 0 amide bonds. The molecular formula is C25H24ClN3O2S. The number of esters is 1. The van der Waals surface area contributed by atoms with Crippen molar-refractivity contribution < 1.29 is 9.53 Å². The van der Waals surface area contributed by atoms with Gasteiger partial charge in [0.25, 0.3) is 0 Å². The van der Waals surface area contributed by atoms with Gasteiger partial charge in [0.2, 0.25) is 0 Å². The number of halogens is 1. The largest absolute Gasteiger partial charge is 0.459 e. The van der Waals surface area contributed by atoms with Gasteiger partial charge in [-0.3, -0.25) is 14.8 Å². The van der Waals surface area contributed by atoms with Crippen LogP contribution in [0.3, 0.4) is 0 Å². The summed E-state index contributed by atoms with van der Waals surface area (Å²) < 4.78 is 7.61. The van der Waals surface area contributed by atoms with Gasteiger partial charge in [0.1, 0.15) is 12.1 Å². The standard InChI is InChI=1S/C25H24ClN3O2S/c1-16-24(32-18-10-8-17(26)9-11-18)23-19(20-14-27-12-13-28-20)6-5-7-21(23)29(16)15-22(30)31-25(2,3)4/h5-14H,15H2,1-4H3. The molecular weight excluding hydrogens is 442 g/mol. The number of benzene rings is 2. The van der Waals surface area contributed by atoms with Crippen LogP contribution in [-0.2, 0) is 16.1 Å². The highest BCUT2D eigenvalue weighted by Crippen LogP contribution is 2.42. The number of fused-ring (bicyclic) bond motifs is 1. The molecule has 2 aromatic carbocycles. The van der Waals surface area contributed by atoms with Crippen molar-refractivity contribution in [3.63, 3.8) is 0 Å². The predicted molar refractivity (Wildman–Crippen MR) is 129 cm³/mol. The predicted octanol–water partition coefficient (Wildman–Crippen LogP) is 6.55. The van der Waals surface area contributed by atoms with E-state index in [9.17, 15) is 4.79 Å². The molecule has 0 fully saturated rings. The van der Waals surface area contributed by atoms with E-state index in [0.717, 1.165) is 37.6 Å². The minimum Gasteiger partial charge on any atom is -0.459 e. The molecule has 5 nitrogen and oxygen atoms in total. The van der Waals surface area contributed by atoms with Crippen LogP contribution in [0.4, 0.5) is 0 Å². The van der Waals surface area contributed by atoms with E-state index in [1.54, 1.807) is 30.4 Å². The molecule has 0 bridgehead atoms. The summed E-state index contributed by atoms with van der Waals surface area (Å²) in [7, 11) is 0. The summed E-state index contributed by atoms with van der Waals surface area (Å²) in [5.41, 5.74) is 3.15. The Morgan fingerprint density at radius 3 is 2.53 bits per heavy atom. The zero-order valence-electron chi connectivity index (χ0n) is 18.4. The number of carbonyl (C=O) groups is 1. The third kappa shape index (κ3) is 4.81. The molecule has 0 aliphatic heterocycles. The van der Waals surface area contributed by atoms with Gasteiger partial charge in [-0.2, -0.15) is 0 Å². The number of hydrogen-bond donors (Lipinski definition) is 0. The molecule has 4 aromatic rings. The maximum absolute atomic E-state index is 12.7. The summed E-state index contributed by atoms with van der Waals surface area (Å²) >= 11 is 7.72. The highest BCUT2D eigenvalue weighted by atomic mass is 35.5. The van der Waals surface area contributed by atoms with Gasteiger partial charge < -0.3 is 9.30 Å². The lowest BCUT2D eigenvalue weighted by Crippen LogP contribution is -2.26. The number of nitrogens with zero attached hydrogens (tertiary/aromatic N) is 3. The van der Waals surface area contributed by atoms with Crippen molar-refractivity contribution >= 4 is 40.2 Å². The zero-order chi connectivity index (χ0) is 22.9. The molecule has 2 heterocycles. The summed E-state index contributed by atoms with van der Waals surface area (Å²) in [5, 5.41) is 1.73. The van der Waals surface area contributed by atoms with E-state index < -0.39 is 5.60 Å². The summed E-state index contributed by atoms with van der Waals surface area (Å²) in [6.07, 6.45) is 5.10. The fraction of sp³-hybridized carbons (Fsp3) is 0.240. The molecule has 0 aliphatic rings. The maximum atomic E-state index is 12.7. The van der Waals surface area contributed by atoms with Crippen LogP contribution < -0.4 is 0 Å². The number of aromatic nitrogens is 3. The van der Waals surface area contributed by atoms with Crippen LogP contribution in [0.15, 0.2) is 70.8 Å². The van der Waals surface area contributed by atoms with Gasteiger partial charge in [0, 0.05) is 43.9 Å². The van der Waals surface area contributed by atoms with Gasteiger partial charge in [0.05, 0.1) is 17.4 Å². The van der Waals surface area contributed by atoms with Crippen LogP contribution in [0.25, 0.3) is 22.2 Å². The Hall–Kier alpha value is -2.83. The fourth-order valence-electron chi connectivity index (χ4n) is 3.59. The third-order valence-electron chi connectivity index (χ3n) is 4.87. The molecule has 164 valence electrons.